The van der Waals surface area contributed by atoms with E-state index in [2.05, 4.69) is 32.8 Å². The molecule has 0 saturated carbocycles. The zero-order chi connectivity index (χ0) is 13.1. The predicted octanol–water partition coefficient (Wildman–Crippen LogP) is 2.92. The van der Waals surface area contributed by atoms with Gasteiger partial charge in [-0.2, -0.15) is 0 Å². The lowest BCUT2D eigenvalue weighted by Gasteiger charge is -2.11. The van der Waals surface area contributed by atoms with E-state index in [1.807, 2.05) is 6.92 Å². The maximum atomic E-state index is 12.4. The molecule has 0 aliphatic rings. The summed E-state index contributed by atoms with van der Waals surface area (Å²) in [5, 5.41) is 0.569. The number of hydrogen-bond acceptors (Lipinski definition) is 3. The van der Waals surface area contributed by atoms with E-state index in [1.54, 1.807) is 16.8 Å². The maximum Gasteiger partial charge on any atom is 0.264 e. The molecule has 4 nitrogen and oxygen atoms in total. The Bertz CT molecular complexity index is 621. The van der Waals surface area contributed by atoms with Gasteiger partial charge in [-0.15, -0.1) is 0 Å². The highest BCUT2D eigenvalue weighted by atomic mass is 79.9. The molecule has 96 valence electrons. The first-order chi connectivity index (χ1) is 8.69. The Hall–Kier alpha value is -1.23. The molecule has 0 aliphatic heterocycles. The van der Waals surface area contributed by atoms with E-state index in [0.717, 1.165) is 29.6 Å². The van der Waals surface area contributed by atoms with Gasteiger partial charge in [0.2, 0.25) is 0 Å². The van der Waals surface area contributed by atoms with Crippen LogP contribution in [0.5, 0.6) is 0 Å². The van der Waals surface area contributed by atoms with E-state index in [1.165, 1.54) is 0 Å². The Labute approximate surface area is 114 Å². The van der Waals surface area contributed by atoms with E-state index in [0.29, 0.717) is 17.6 Å². The van der Waals surface area contributed by atoms with Crippen molar-refractivity contribution in [1.82, 2.24) is 14.5 Å². The molecule has 0 amide bonds. The quantitative estimate of drug-likeness (QED) is 0.872. The lowest BCUT2D eigenvalue weighted by Crippen LogP contribution is -2.25. The van der Waals surface area contributed by atoms with Crippen molar-refractivity contribution in [3.63, 3.8) is 0 Å². The predicted molar refractivity (Wildman–Crippen MR) is 75.8 cm³/mol. The molecule has 0 aromatic carbocycles. The average Bonchev–Trinajstić information content (AvgIpc) is 2.36. The molecule has 0 atom stereocenters. The minimum atomic E-state index is -0.00595. The smallest absolute Gasteiger partial charge is 0.264 e. The third kappa shape index (κ3) is 2.32. The minimum Gasteiger partial charge on any atom is -0.296 e. The first-order valence-corrected chi connectivity index (χ1v) is 7.02. The molecule has 0 radical (unpaired) electrons. The Kier molecular flexibility index (Phi) is 4.11. The fourth-order valence-electron chi connectivity index (χ4n) is 2.00. The van der Waals surface area contributed by atoms with Crippen molar-refractivity contribution in [3.8, 4) is 0 Å². The van der Waals surface area contributed by atoms with Gasteiger partial charge < -0.3 is 0 Å². The molecular formula is C13H16BrN3O. The molecule has 0 spiro atoms. The molecule has 2 rings (SSSR count). The zero-order valence-electron chi connectivity index (χ0n) is 10.6. The molecule has 5 heteroatoms. The number of pyridine rings is 1. The van der Waals surface area contributed by atoms with Crippen LogP contribution in [0.3, 0.4) is 0 Å². The number of halogens is 1. The Morgan fingerprint density at radius 3 is 2.83 bits per heavy atom. The summed E-state index contributed by atoms with van der Waals surface area (Å²) in [6.45, 7) is 4.74. The summed E-state index contributed by atoms with van der Waals surface area (Å²) in [4.78, 5) is 21.1. The van der Waals surface area contributed by atoms with Crippen molar-refractivity contribution in [2.45, 2.75) is 39.7 Å². The first-order valence-electron chi connectivity index (χ1n) is 6.23. The van der Waals surface area contributed by atoms with Gasteiger partial charge in [0.15, 0.2) is 5.65 Å². The lowest BCUT2D eigenvalue weighted by atomic mass is 10.2. The van der Waals surface area contributed by atoms with E-state index >= 15 is 0 Å². The Morgan fingerprint density at radius 1 is 1.39 bits per heavy atom. The standard InChI is InChI=1S/C13H16BrN3O/c1-3-5-6-10-16-12-11(9(14)7-8-15-12)13(18)17(10)4-2/h7-8H,3-6H2,1-2H3. The topological polar surface area (TPSA) is 47.8 Å². The van der Waals surface area contributed by atoms with Gasteiger partial charge in [0.05, 0.1) is 5.39 Å². The molecule has 2 heterocycles. The number of hydrogen-bond donors (Lipinski definition) is 0. The Morgan fingerprint density at radius 2 is 2.17 bits per heavy atom. The number of fused-ring (bicyclic) bond motifs is 1. The van der Waals surface area contributed by atoms with Gasteiger partial charge in [0, 0.05) is 23.6 Å². The number of rotatable bonds is 4. The van der Waals surface area contributed by atoms with Gasteiger partial charge in [-0.1, -0.05) is 13.3 Å². The van der Waals surface area contributed by atoms with Crippen LogP contribution in [0.15, 0.2) is 21.5 Å². The summed E-state index contributed by atoms with van der Waals surface area (Å²) in [5.74, 6) is 0.836. The molecule has 0 N–H and O–H groups in total. The van der Waals surface area contributed by atoms with Crippen molar-refractivity contribution >= 4 is 27.0 Å². The highest BCUT2D eigenvalue weighted by Crippen LogP contribution is 2.17. The molecule has 2 aromatic rings. The molecule has 0 unspecified atom stereocenters. The molecule has 0 bridgehead atoms. The van der Waals surface area contributed by atoms with Crippen LogP contribution in [0.1, 0.15) is 32.5 Å². The molecule has 18 heavy (non-hydrogen) atoms. The highest BCUT2D eigenvalue weighted by Gasteiger charge is 2.12. The SMILES string of the molecule is CCCCc1nc2nccc(Br)c2c(=O)n1CC. The summed E-state index contributed by atoms with van der Waals surface area (Å²) in [5.41, 5.74) is 0.527. The second kappa shape index (κ2) is 5.61. The Balaban J connectivity index is 2.70. The van der Waals surface area contributed by atoms with Gasteiger partial charge in [0.25, 0.3) is 5.56 Å². The minimum absolute atomic E-state index is 0.00595. The first kappa shape index (κ1) is 13.2. The normalized spacial score (nSPS) is 11.1. The van der Waals surface area contributed by atoms with Crippen molar-refractivity contribution in [3.05, 3.63) is 32.9 Å². The number of aromatic nitrogens is 3. The summed E-state index contributed by atoms with van der Waals surface area (Å²) < 4.78 is 2.50. The molecule has 2 aromatic heterocycles. The maximum absolute atomic E-state index is 12.4. The second-order valence-electron chi connectivity index (χ2n) is 4.17. The summed E-state index contributed by atoms with van der Waals surface area (Å²) in [6, 6.07) is 1.77. The van der Waals surface area contributed by atoms with Crippen LogP contribution in [-0.2, 0) is 13.0 Å². The molecular weight excluding hydrogens is 294 g/mol. The average molecular weight is 310 g/mol. The monoisotopic (exact) mass is 309 g/mol. The van der Waals surface area contributed by atoms with E-state index in [9.17, 15) is 4.79 Å². The van der Waals surface area contributed by atoms with Crippen LogP contribution in [0.25, 0.3) is 11.0 Å². The van der Waals surface area contributed by atoms with Crippen LogP contribution in [0.2, 0.25) is 0 Å². The van der Waals surface area contributed by atoms with Crippen molar-refractivity contribution in [2.24, 2.45) is 0 Å². The van der Waals surface area contributed by atoms with Crippen LogP contribution in [0.4, 0.5) is 0 Å². The van der Waals surface area contributed by atoms with E-state index in [-0.39, 0.29) is 5.56 Å². The summed E-state index contributed by atoms with van der Waals surface area (Å²) in [6.07, 6.45) is 4.61. The van der Waals surface area contributed by atoms with Crippen molar-refractivity contribution in [1.29, 1.82) is 0 Å². The van der Waals surface area contributed by atoms with Gasteiger partial charge >= 0.3 is 0 Å². The van der Waals surface area contributed by atoms with Crippen molar-refractivity contribution in [2.75, 3.05) is 0 Å². The van der Waals surface area contributed by atoms with Crippen LogP contribution < -0.4 is 5.56 Å². The number of aryl methyl sites for hydroxylation is 1. The van der Waals surface area contributed by atoms with Crippen LogP contribution in [-0.4, -0.2) is 14.5 Å². The third-order valence-corrected chi connectivity index (χ3v) is 3.62. The largest absolute Gasteiger partial charge is 0.296 e. The second-order valence-corrected chi connectivity index (χ2v) is 5.03. The third-order valence-electron chi connectivity index (χ3n) is 2.96. The van der Waals surface area contributed by atoms with Gasteiger partial charge in [-0.3, -0.25) is 9.36 Å². The van der Waals surface area contributed by atoms with Gasteiger partial charge in [-0.05, 0) is 35.3 Å². The zero-order valence-corrected chi connectivity index (χ0v) is 12.2. The van der Waals surface area contributed by atoms with Gasteiger partial charge in [-0.25, -0.2) is 9.97 Å². The molecule has 0 aliphatic carbocycles. The number of unbranched alkanes of at least 4 members (excludes halogenated alkanes) is 1. The lowest BCUT2D eigenvalue weighted by molar-refractivity contribution is 0.628. The molecule has 0 saturated heterocycles. The van der Waals surface area contributed by atoms with E-state index < -0.39 is 0 Å². The summed E-state index contributed by atoms with van der Waals surface area (Å²) >= 11 is 3.39. The molecule has 0 fully saturated rings. The summed E-state index contributed by atoms with van der Waals surface area (Å²) in [7, 11) is 0. The number of nitrogens with zero attached hydrogens (tertiary/aromatic N) is 3. The van der Waals surface area contributed by atoms with Crippen molar-refractivity contribution < 1.29 is 0 Å². The highest BCUT2D eigenvalue weighted by molar-refractivity contribution is 9.10. The van der Waals surface area contributed by atoms with Crippen LogP contribution >= 0.6 is 15.9 Å². The van der Waals surface area contributed by atoms with Crippen LogP contribution in [0, 0.1) is 0 Å². The van der Waals surface area contributed by atoms with E-state index in [4.69, 9.17) is 0 Å². The fourth-order valence-corrected chi connectivity index (χ4v) is 2.46. The fraction of sp³-hybridized carbons (Fsp3) is 0.462. The van der Waals surface area contributed by atoms with Gasteiger partial charge in [0.1, 0.15) is 5.82 Å².